The SMILES string of the molecule is COC(=O)C1=C(Nc2ccc(-n3nc(C(F)(F)F)c4c3CCCC4)c(Cl)c2)C(=O)N(CCO)C1. The molecule has 2 N–H and O–H groups in total. The third kappa shape index (κ3) is 4.37. The summed E-state index contributed by atoms with van der Waals surface area (Å²) in [5.41, 5.74) is 0.503. The van der Waals surface area contributed by atoms with E-state index in [9.17, 15) is 22.8 Å². The Labute approximate surface area is 197 Å². The zero-order valence-corrected chi connectivity index (χ0v) is 19.0. The summed E-state index contributed by atoms with van der Waals surface area (Å²) >= 11 is 6.44. The van der Waals surface area contributed by atoms with Gasteiger partial charge in [-0.3, -0.25) is 4.79 Å². The number of fused-ring (bicyclic) bond motifs is 1. The first kappa shape index (κ1) is 24.1. The predicted molar refractivity (Wildman–Crippen MR) is 117 cm³/mol. The second-order valence-corrected chi connectivity index (χ2v) is 8.38. The van der Waals surface area contributed by atoms with Crippen molar-refractivity contribution in [1.82, 2.24) is 14.7 Å². The second kappa shape index (κ2) is 9.30. The van der Waals surface area contributed by atoms with E-state index >= 15 is 0 Å². The first-order valence-electron chi connectivity index (χ1n) is 10.6. The minimum Gasteiger partial charge on any atom is -0.466 e. The number of nitrogens with zero attached hydrogens (tertiary/aromatic N) is 3. The van der Waals surface area contributed by atoms with Gasteiger partial charge in [0.05, 0.1) is 36.5 Å². The van der Waals surface area contributed by atoms with Gasteiger partial charge in [-0.05, 0) is 43.9 Å². The molecular weight excluding hydrogens is 477 g/mol. The highest BCUT2D eigenvalue weighted by Crippen LogP contribution is 2.38. The number of hydrogen-bond acceptors (Lipinski definition) is 6. The average Bonchev–Trinajstić information content (AvgIpc) is 3.33. The number of hydrogen-bond donors (Lipinski definition) is 2. The van der Waals surface area contributed by atoms with Crippen LogP contribution in [0.1, 0.15) is 29.8 Å². The van der Waals surface area contributed by atoms with Crippen LogP contribution in [0, 0.1) is 0 Å². The molecule has 0 saturated heterocycles. The summed E-state index contributed by atoms with van der Waals surface area (Å²) in [4.78, 5) is 26.1. The van der Waals surface area contributed by atoms with Crippen molar-refractivity contribution in [3.63, 3.8) is 0 Å². The monoisotopic (exact) mass is 498 g/mol. The molecule has 2 aromatic rings. The number of methoxy groups -OCH3 is 1. The maximum absolute atomic E-state index is 13.5. The highest BCUT2D eigenvalue weighted by molar-refractivity contribution is 6.32. The van der Waals surface area contributed by atoms with E-state index in [4.69, 9.17) is 21.4 Å². The molecule has 34 heavy (non-hydrogen) atoms. The van der Waals surface area contributed by atoms with Crippen LogP contribution in [-0.2, 0) is 33.3 Å². The van der Waals surface area contributed by atoms with E-state index in [1.54, 1.807) is 0 Å². The van der Waals surface area contributed by atoms with Crippen molar-refractivity contribution < 1.29 is 32.6 Å². The van der Waals surface area contributed by atoms with Gasteiger partial charge in [0.2, 0.25) is 0 Å². The zero-order valence-electron chi connectivity index (χ0n) is 18.2. The maximum Gasteiger partial charge on any atom is 0.435 e. The van der Waals surface area contributed by atoms with Crippen LogP contribution in [0.25, 0.3) is 5.69 Å². The number of alkyl halides is 3. The topological polar surface area (TPSA) is 96.7 Å². The fourth-order valence-electron chi connectivity index (χ4n) is 4.28. The summed E-state index contributed by atoms with van der Waals surface area (Å²) in [5, 5.41) is 16.0. The molecule has 12 heteroatoms. The predicted octanol–water partition coefficient (Wildman–Crippen LogP) is 3.10. The average molecular weight is 499 g/mol. The van der Waals surface area contributed by atoms with Crippen LogP contribution >= 0.6 is 11.6 Å². The summed E-state index contributed by atoms with van der Waals surface area (Å²) < 4.78 is 46.6. The largest absolute Gasteiger partial charge is 0.466 e. The molecule has 2 heterocycles. The number of halogens is 4. The zero-order chi connectivity index (χ0) is 24.6. The number of anilines is 1. The van der Waals surface area contributed by atoms with Crippen LogP contribution in [0.15, 0.2) is 29.5 Å². The summed E-state index contributed by atoms with van der Waals surface area (Å²) in [6, 6.07) is 4.50. The molecule has 0 atom stereocenters. The Morgan fingerprint density at radius 2 is 2.03 bits per heavy atom. The second-order valence-electron chi connectivity index (χ2n) is 7.98. The Kier molecular flexibility index (Phi) is 6.59. The Morgan fingerprint density at radius 1 is 1.29 bits per heavy atom. The highest BCUT2D eigenvalue weighted by Gasteiger charge is 2.40. The van der Waals surface area contributed by atoms with E-state index in [1.165, 1.54) is 34.9 Å². The Hall–Kier alpha value is -3.05. The maximum atomic E-state index is 13.5. The van der Waals surface area contributed by atoms with Gasteiger partial charge in [0.25, 0.3) is 5.91 Å². The first-order chi connectivity index (χ1) is 16.2. The van der Waals surface area contributed by atoms with E-state index in [0.717, 1.165) is 6.42 Å². The molecule has 2 aliphatic rings. The van der Waals surface area contributed by atoms with Gasteiger partial charge >= 0.3 is 12.1 Å². The summed E-state index contributed by atoms with van der Waals surface area (Å²) in [6.45, 7) is -0.266. The number of aromatic nitrogens is 2. The van der Waals surface area contributed by atoms with Crippen molar-refractivity contribution in [2.75, 3.05) is 32.1 Å². The molecule has 1 aliphatic carbocycles. The third-order valence-electron chi connectivity index (χ3n) is 5.85. The number of β-amino-alcohol motifs (C(OH)–C–C–N with tert-alkyl or cyclic N) is 1. The van der Waals surface area contributed by atoms with Crippen molar-refractivity contribution >= 4 is 29.2 Å². The minimum absolute atomic E-state index is 0.0139. The minimum atomic E-state index is -4.57. The lowest BCUT2D eigenvalue weighted by molar-refractivity contribution is -0.142. The summed E-state index contributed by atoms with van der Waals surface area (Å²) in [5.74, 6) is -1.19. The molecule has 1 aromatic heterocycles. The summed E-state index contributed by atoms with van der Waals surface area (Å²) in [7, 11) is 1.19. The molecule has 1 aliphatic heterocycles. The van der Waals surface area contributed by atoms with Crippen LogP contribution in [0.5, 0.6) is 0 Å². The van der Waals surface area contributed by atoms with Gasteiger partial charge in [-0.2, -0.15) is 18.3 Å². The van der Waals surface area contributed by atoms with Gasteiger partial charge in [-0.1, -0.05) is 11.6 Å². The Morgan fingerprint density at radius 3 is 2.68 bits per heavy atom. The van der Waals surface area contributed by atoms with Gasteiger partial charge in [0.15, 0.2) is 5.69 Å². The van der Waals surface area contributed by atoms with E-state index in [-0.39, 0.29) is 47.2 Å². The number of carbonyl (C=O) groups excluding carboxylic acids is 2. The number of benzene rings is 1. The number of aliphatic hydroxyl groups excluding tert-OH is 1. The molecule has 0 bridgehead atoms. The molecule has 182 valence electrons. The molecule has 0 spiro atoms. The van der Waals surface area contributed by atoms with Gasteiger partial charge in [-0.15, -0.1) is 0 Å². The number of rotatable bonds is 6. The lowest BCUT2D eigenvalue weighted by atomic mass is 9.95. The fourth-order valence-corrected chi connectivity index (χ4v) is 4.54. The molecule has 4 rings (SSSR count). The van der Waals surface area contributed by atoms with Gasteiger partial charge in [0.1, 0.15) is 5.70 Å². The molecule has 1 amide bonds. The third-order valence-corrected chi connectivity index (χ3v) is 6.15. The molecular formula is C22H22ClF3N4O4. The smallest absolute Gasteiger partial charge is 0.435 e. The Bertz CT molecular complexity index is 1180. The van der Waals surface area contributed by atoms with Gasteiger partial charge in [-0.25, -0.2) is 9.48 Å². The standard InChI is InChI=1S/C22H22ClF3N4O4/c1-34-21(33)14-11-29(8-9-31)20(32)18(14)27-12-6-7-17(15(23)10-12)30-16-5-3-2-4-13(16)19(28-30)22(24,25)26/h6-7,10,27,31H,2-5,8-9,11H2,1H3. The van der Waals surface area contributed by atoms with E-state index < -0.39 is 23.7 Å². The van der Waals surface area contributed by atoms with Crippen LogP contribution in [0.2, 0.25) is 5.02 Å². The summed E-state index contributed by atoms with van der Waals surface area (Å²) in [6.07, 6.45) is -2.39. The van der Waals surface area contributed by atoms with Gasteiger partial charge < -0.3 is 20.1 Å². The van der Waals surface area contributed by atoms with Crippen LogP contribution < -0.4 is 5.32 Å². The number of ether oxygens (including phenoxy) is 1. The van der Waals surface area contributed by atoms with Crippen molar-refractivity contribution in [2.24, 2.45) is 0 Å². The lowest BCUT2D eigenvalue weighted by Gasteiger charge is -2.16. The van der Waals surface area contributed by atoms with Crippen molar-refractivity contribution in [3.8, 4) is 5.69 Å². The number of carbonyl (C=O) groups is 2. The van der Waals surface area contributed by atoms with Crippen molar-refractivity contribution in [3.05, 3.63) is 51.4 Å². The molecule has 0 saturated carbocycles. The molecule has 0 radical (unpaired) electrons. The number of esters is 1. The Balaban J connectivity index is 1.68. The van der Waals surface area contributed by atoms with Crippen molar-refractivity contribution in [1.29, 1.82) is 0 Å². The number of amides is 1. The van der Waals surface area contributed by atoms with Crippen molar-refractivity contribution in [2.45, 2.75) is 31.9 Å². The number of aliphatic hydroxyl groups is 1. The van der Waals surface area contributed by atoms with E-state index in [2.05, 4.69) is 10.4 Å². The first-order valence-corrected chi connectivity index (χ1v) is 11.0. The van der Waals surface area contributed by atoms with E-state index in [0.29, 0.717) is 30.6 Å². The van der Waals surface area contributed by atoms with Crippen LogP contribution in [0.4, 0.5) is 18.9 Å². The van der Waals surface area contributed by atoms with Crippen LogP contribution in [-0.4, -0.2) is 58.5 Å². The van der Waals surface area contributed by atoms with Gasteiger partial charge in [0, 0.05) is 23.5 Å². The lowest BCUT2D eigenvalue weighted by Crippen LogP contribution is -2.31. The molecule has 8 nitrogen and oxygen atoms in total. The van der Waals surface area contributed by atoms with E-state index in [1.807, 2.05) is 0 Å². The highest BCUT2D eigenvalue weighted by atomic mass is 35.5. The number of nitrogens with one attached hydrogen (secondary N) is 1. The molecule has 0 fully saturated rings. The fraction of sp³-hybridized carbons (Fsp3) is 0.409. The normalized spacial score (nSPS) is 16.2. The quantitative estimate of drug-likeness (QED) is 0.594. The van der Waals surface area contributed by atoms with Crippen LogP contribution in [0.3, 0.4) is 0 Å². The molecule has 1 aromatic carbocycles. The molecule has 0 unspecified atom stereocenters.